The van der Waals surface area contributed by atoms with Crippen LogP contribution in [0.25, 0.3) is 0 Å². The van der Waals surface area contributed by atoms with Crippen molar-refractivity contribution in [3.8, 4) is 0 Å². The lowest BCUT2D eigenvalue weighted by atomic mass is 10.1. The van der Waals surface area contributed by atoms with Gasteiger partial charge in [0.25, 0.3) is 0 Å². The number of rotatable bonds is 6. The number of hydrogen-bond acceptors (Lipinski definition) is 2. The van der Waals surface area contributed by atoms with Crippen molar-refractivity contribution >= 4 is 5.95 Å². The maximum atomic E-state index is 4.53. The summed E-state index contributed by atoms with van der Waals surface area (Å²) in [7, 11) is 0. The molecule has 1 atom stereocenters. The highest BCUT2D eigenvalue weighted by Crippen LogP contribution is 2.20. The minimum Gasteiger partial charge on any atom is -0.356 e. The van der Waals surface area contributed by atoms with Crippen LogP contribution in [0.5, 0.6) is 0 Å². The monoisotopic (exact) mass is 257 g/mol. The van der Waals surface area contributed by atoms with E-state index in [9.17, 15) is 0 Å². The Hall–Kier alpha value is -1.77. The van der Waals surface area contributed by atoms with Crippen molar-refractivity contribution in [1.82, 2.24) is 9.55 Å². The average Bonchev–Trinajstić information content (AvgIpc) is 2.79. The second-order valence-corrected chi connectivity index (χ2v) is 5.02. The lowest BCUT2D eigenvalue weighted by Crippen LogP contribution is -2.11. The highest BCUT2D eigenvalue weighted by atomic mass is 15.2. The third-order valence-electron chi connectivity index (χ3n) is 3.36. The first-order chi connectivity index (χ1) is 9.20. The third-order valence-corrected chi connectivity index (χ3v) is 3.36. The molecular formula is C16H23N3. The molecule has 1 aromatic carbocycles. The number of nitrogens with one attached hydrogen (secondary N) is 1. The minimum atomic E-state index is 0.454. The van der Waals surface area contributed by atoms with Crippen LogP contribution in [0.4, 0.5) is 5.95 Å². The fraction of sp³-hybridized carbons (Fsp3) is 0.438. The first-order valence-electron chi connectivity index (χ1n) is 7.04. The van der Waals surface area contributed by atoms with E-state index in [-0.39, 0.29) is 0 Å². The summed E-state index contributed by atoms with van der Waals surface area (Å²) in [5.74, 6) is 0.987. The van der Waals surface area contributed by atoms with Crippen LogP contribution in [0.3, 0.4) is 0 Å². The van der Waals surface area contributed by atoms with Crippen molar-refractivity contribution in [3.05, 3.63) is 47.8 Å². The fourth-order valence-electron chi connectivity index (χ4n) is 2.30. The molecule has 3 heteroatoms. The summed E-state index contributed by atoms with van der Waals surface area (Å²) < 4.78 is 2.25. The summed E-state index contributed by atoms with van der Waals surface area (Å²) in [4.78, 5) is 4.53. The van der Waals surface area contributed by atoms with Crippen LogP contribution in [0.2, 0.25) is 0 Å². The van der Waals surface area contributed by atoms with E-state index in [0.29, 0.717) is 6.04 Å². The predicted molar refractivity (Wildman–Crippen MR) is 80.6 cm³/mol. The molecule has 1 N–H and O–H groups in total. The van der Waals surface area contributed by atoms with Gasteiger partial charge in [-0.3, -0.25) is 0 Å². The zero-order chi connectivity index (χ0) is 13.7. The van der Waals surface area contributed by atoms with Crippen LogP contribution >= 0.6 is 0 Å². The maximum Gasteiger partial charge on any atom is 0.203 e. The van der Waals surface area contributed by atoms with Crippen LogP contribution < -0.4 is 5.32 Å². The van der Waals surface area contributed by atoms with Gasteiger partial charge in [-0.05, 0) is 39.2 Å². The minimum absolute atomic E-state index is 0.454. The SMILES string of the molecule is CCNc1nc(C)cn1C(C)CCc1ccccc1. The topological polar surface area (TPSA) is 29.9 Å². The smallest absolute Gasteiger partial charge is 0.203 e. The van der Waals surface area contributed by atoms with Crippen LogP contribution in [-0.2, 0) is 6.42 Å². The molecule has 0 saturated carbocycles. The second kappa shape index (κ2) is 6.41. The van der Waals surface area contributed by atoms with Gasteiger partial charge in [-0.2, -0.15) is 0 Å². The van der Waals surface area contributed by atoms with Crippen molar-refractivity contribution in [3.63, 3.8) is 0 Å². The Bertz CT molecular complexity index is 502. The Balaban J connectivity index is 2.01. The molecule has 0 amide bonds. The largest absolute Gasteiger partial charge is 0.356 e. The highest BCUT2D eigenvalue weighted by molar-refractivity contribution is 5.29. The number of imidazole rings is 1. The molecule has 2 rings (SSSR count). The summed E-state index contributed by atoms with van der Waals surface area (Å²) >= 11 is 0. The number of nitrogens with zero attached hydrogens (tertiary/aromatic N) is 2. The Labute approximate surface area is 115 Å². The summed E-state index contributed by atoms with van der Waals surface area (Å²) in [5, 5.41) is 3.33. The maximum absolute atomic E-state index is 4.53. The molecule has 1 heterocycles. The Morgan fingerprint density at radius 3 is 2.68 bits per heavy atom. The normalized spacial score (nSPS) is 12.4. The summed E-state index contributed by atoms with van der Waals surface area (Å²) in [5.41, 5.74) is 2.47. The lowest BCUT2D eigenvalue weighted by Gasteiger charge is -2.16. The summed E-state index contributed by atoms with van der Waals surface area (Å²) in [6.45, 7) is 7.30. The van der Waals surface area contributed by atoms with E-state index in [4.69, 9.17) is 0 Å². The molecule has 0 spiro atoms. The van der Waals surface area contributed by atoms with Crippen molar-refractivity contribution in [2.24, 2.45) is 0 Å². The number of anilines is 1. The van der Waals surface area contributed by atoms with Crippen LogP contribution in [0, 0.1) is 6.92 Å². The molecule has 0 bridgehead atoms. The van der Waals surface area contributed by atoms with E-state index in [2.05, 4.69) is 65.2 Å². The van der Waals surface area contributed by atoms with Crippen molar-refractivity contribution in [2.45, 2.75) is 39.7 Å². The Kier molecular flexibility index (Phi) is 4.61. The quantitative estimate of drug-likeness (QED) is 0.852. The van der Waals surface area contributed by atoms with Gasteiger partial charge in [0.2, 0.25) is 5.95 Å². The summed E-state index contributed by atoms with van der Waals surface area (Å²) in [6.07, 6.45) is 4.36. The summed E-state index contributed by atoms with van der Waals surface area (Å²) in [6, 6.07) is 11.1. The van der Waals surface area contributed by atoms with Crippen LogP contribution in [0.15, 0.2) is 36.5 Å². The molecule has 1 aromatic heterocycles. The molecule has 0 saturated heterocycles. The Morgan fingerprint density at radius 1 is 1.26 bits per heavy atom. The molecule has 0 aliphatic carbocycles. The molecule has 102 valence electrons. The lowest BCUT2D eigenvalue weighted by molar-refractivity contribution is 0.511. The van der Waals surface area contributed by atoms with Gasteiger partial charge in [0.1, 0.15) is 0 Å². The van der Waals surface area contributed by atoms with E-state index >= 15 is 0 Å². The van der Waals surface area contributed by atoms with Gasteiger partial charge in [0.15, 0.2) is 0 Å². The highest BCUT2D eigenvalue weighted by Gasteiger charge is 2.11. The van der Waals surface area contributed by atoms with Gasteiger partial charge in [-0.25, -0.2) is 4.98 Å². The average molecular weight is 257 g/mol. The molecule has 2 aromatic rings. The van der Waals surface area contributed by atoms with E-state index < -0.39 is 0 Å². The zero-order valence-corrected chi connectivity index (χ0v) is 12.1. The number of aryl methyl sites for hydroxylation is 2. The van der Waals surface area contributed by atoms with Gasteiger partial charge in [0, 0.05) is 18.8 Å². The van der Waals surface area contributed by atoms with Crippen molar-refractivity contribution in [2.75, 3.05) is 11.9 Å². The van der Waals surface area contributed by atoms with Gasteiger partial charge in [0.05, 0.1) is 5.69 Å². The molecular weight excluding hydrogens is 234 g/mol. The number of benzene rings is 1. The van der Waals surface area contributed by atoms with Crippen molar-refractivity contribution < 1.29 is 0 Å². The standard InChI is InChI=1S/C16H23N3/c1-4-17-16-18-13(2)12-19(16)14(3)10-11-15-8-6-5-7-9-15/h5-9,12,14H,4,10-11H2,1-3H3,(H,17,18). The fourth-order valence-corrected chi connectivity index (χ4v) is 2.30. The molecule has 0 radical (unpaired) electrons. The van der Waals surface area contributed by atoms with E-state index in [1.807, 2.05) is 6.92 Å². The first kappa shape index (κ1) is 13.7. The molecule has 0 aliphatic heterocycles. The van der Waals surface area contributed by atoms with Gasteiger partial charge >= 0.3 is 0 Å². The Morgan fingerprint density at radius 2 is 2.00 bits per heavy atom. The van der Waals surface area contributed by atoms with Crippen LogP contribution in [0.1, 0.15) is 37.6 Å². The van der Waals surface area contributed by atoms with Crippen LogP contribution in [-0.4, -0.2) is 16.1 Å². The van der Waals surface area contributed by atoms with Gasteiger partial charge < -0.3 is 9.88 Å². The van der Waals surface area contributed by atoms with Gasteiger partial charge in [-0.15, -0.1) is 0 Å². The first-order valence-corrected chi connectivity index (χ1v) is 7.04. The molecule has 0 aliphatic rings. The second-order valence-electron chi connectivity index (χ2n) is 5.02. The van der Waals surface area contributed by atoms with Crippen molar-refractivity contribution in [1.29, 1.82) is 0 Å². The zero-order valence-electron chi connectivity index (χ0n) is 12.1. The predicted octanol–water partition coefficient (Wildman–Crippen LogP) is 3.82. The molecule has 1 unspecified atom stereocenters. The van der Waals surface area contributed by atoms with E-state index in [1.54, 1.807) is 0 Å². The molecule has 3 nitrogen and oxygen atoms in total. The van der Waals surface area contributed by atoms with Gasteiger partial charge in [-0.1, -0.05) is 30.3 Å². The third kappa shape index (κ3) is 3.60. The number of aromatic nitrogens is 2. The molecule has 0 fully saturated rings. The number of hydrogen-bond donors (Lipinski definition) is 1. The van der Waals surface area contributed by atoms with E-state index in [0.717, 1.165) is 31.0 Å². The van der Waals surface area contributed by atoms with E-state index in [1.165, 1.54) is 5.56 Å². The molecule has 19 heavy (non-hydrogen) atoms.